The summed E-state index contributed by atoms with van der Waals surface area (Å²) in [7, 11) is -3.53. The molecule has 1 fully saturated rings. The van der Waals surface area contributed by atoms with Crippen LogP contribution in [0.15, 0.2) is 65.8 Å². The van der Waals surface area contributed by atoms with Crippen LogP contribution in [0.1, 0.15) is 0 Å². The van der Waals surface area contributed by atoms with E-state index in [1.807, 2.05) is 4.90 Å². The average molecular weight is 439 g/mol. The number of piperazine rings is 1. The summed E-state index contributed by atoms with van der Waals surface area (Å²) in [5, 5.41) is 8.38. The van der Waals surface area contributed by atoms with E-state index in [4.69, 9.17) is 0 Å². The number of benzene rings is 2. The molecule has 11 heteroatoms. The zero-order valence-corrected chi connectivity index (χ0v) is 17.2. The molecule has 0 amide bonds. The van der Waals surface area contributed by atoms with Crippen molar-refractivity contribution >= 4 is 27.0 Å². The normalized spacial score (nSPS) is 15.5. The summed E-state index contributed by atoms with van der Waals surface area (Å²) in [6.45, 7) is 1.58. The second-order valence-corrected chi connectivity index (χ2v) is 8.99. The minimum absolute atomic E-state index is 0.287. The summed E-state index contributed by atoms with van der Waals surface area (Å²) in [6, 6.07) is 14.3. The number of hydrogen-bond donors (Lipinski definition) is 0. The number of nitrogens with zero attached hydrogens (tertiary/aromatic N) is 7. The summed E-state index contributed by atoms with van der Waals surface area (Å²) in [5.41, 5.74) is 1.63. The van der Waals surface area contributed by atoms with Gasteiger partial charge >= 0.3 is 0 Å². The SMILES string of the molecule is O=S(=O)(c1ccccc1)N1CCN(c2ncnc3c2nnn3-c2ccc(F)cc2)CC1. The van der Waals surface area contributed by atoms with Crippen LogP contribution >= 0.6 is 0 Å². The molecule has 158 valence electrons. The number of rotatable bonds is 4. The van der Waals surface area contributed by atoms with Gasteiger partial charge < -0.3 is 4.90 Å². The van der Waals surface area contributed by atoms with E-state index < -0.39 is 10.0 Å². The molecule has 1 aliphatic heterocycles. The molecule has 4 aromatic rings. The summed E-state index contributed by atoms with van der Waals surface area (Å²) in [4.78, 5) is 10.9. The molecule has 5 rings (SSSR count). The summed E-state index contributed by atoms with van der Waals surface area (Å²) >= 11 is 0. The Morgan fingerprint density at radius 1 is 0.871 bits per heavy atom. The Kier molecular flexibility index (Phi) is 4.83. The van der Waals surface area contributed by atoms with Crippen molar-refractivity contribution in [2.24, 2.45) is 0 Å². The van der Waals surface area contributed by atoms with Gasteiger partial charge in [0.25, 0.3) is 0 Å². The molecule has 0 bridgehead atoms. The molecule has 31 heavy (non-hydrogen) atoms. The summed E-state index contributed by atoms with van der Waals surface area (Å²) in [6.07, 6.45) is 1.42. The lowest BCUT2D eigenvalue weighted by Gasteiger charge is -2.34. The minimum Gasteiger partial charge on any atom is -0.352 e. The Hall–Kier alpha value is -3.44. The molecular formula is C20H18FN7O2S. The predicted molar refractivity (Wildman–Crippen MR) is 112 cm³/mol. The standard InChI is InChI=1S/C20H18FN7O2S/c21-15-6-8-16(9-7-15)28-20-18(24-25-28)19(22-14-23-20)26-10-12-27(13-11-26)31(29,30)17-4-2-1-3-5-17/h1-9,14H,10-13H2. The maximum atomic E-state index is 13.2. The van der Waals surface area contributed by atoms with Gasteiger partial charge in [0.05, 0.1) is 10.6 Å². The molecule has 1 aliphatic rings. The largest absolute Gasteiger partial charge is 0.352 e. The van der Waals surface area contributed by atoms with Crippen molar-refractivity contribution in [2.45, 2.75) is 4.90 Å². The van der Waals surface area contributed by atoms with Gasteiger partial charge in [-0.1, -0.05) is 23.4 Å². The maximum Gasteiger partial charge on any atom is 0.243 e. The van der Waals surface area contributed by atoms with E-state index in [0.717, 1.165) is 0 Å². The Bertz CT molecular complexity index is 1320. The van der Waals surface area contributed by atoms with Crippen LogP contribution < -0.4 is 4.90 Å². The van der Waals surface area contributed by atoms with Crippen molar-refractivity contribution in [3.8, 4) is 5.69 Å². The molecule has 0 saturated carbocycles. The third kappa shape index (κ3) is 3.51. The zero-order chi connectivity index (χ0) is 21.4. The fourth-order valence-corrected chi connectivity index (χ4v) is 5.05. The van der Waals surface area contributed by atoms with Crippen molar-refractivity contribution in [1.29, 1.82) is 0 Å². The summed E-state index contributed by atoms with van der Waals surface area (Å²) < 4.78 is 42.0. The highest BCUT2D eigenvalue weighted by molar-refractivity contribution is 7.89. The van der Waals surface area contributed by atoms with Crippen LogP contribution in [0.2, 0.25) is 0 Å². The molecule has 0 radical (unpaired) electrons. The lowest BCUT2D eigenvalue weighted by molar-refractivity contribution is 0.384. The number of halogens is 1. The first-order chi connectivity index (χ1) is 15.0. The number of hydrogen-bond acceptors (Lipinski definition) is 7. The fraction of sp³-hybridized carbons (Fsp3) is 0.200. The summed E-state index contributed by atoms with van der Waals surface area (Å²) in [5.74, 6) is 0.252. The second kappa shape index (κ2) is 7.67. The highest BCUT2D eigenvalue weighted by atomic mass is 32.2. The smallest absolute Gasteiger partial charge is 0.243 e. The van der Waals surface area contributed by atoms with E-state index in [9.17, 15) is 12.8 Å². The second-order valence-electron chi connectivity index (χ2n) is 7.05. The molecule has 0 aliphatic carbocycles. The Labute approximate surface area is 177 Å². The van der Waals surface area contributed by atoms with Gasteiger partial charge in [0.1, 0.15) is 12.1 Å². The average Bonchev–Trinajstić information content (AvgIpc) is 3.25. The molecular weight excluding hydrogens is 421 g/mol. The number of sulfonamides is 1. The van der Waals surface area contributed by atoms with Crippen LogP contribution in [-0.4, -0.2) is 63.9 Å². The molecule has 0 atom stereocenters. The Balaban J connectivity index is 1.40. The van der Waals surface area contributed by atoms with Gasteiger partial charge in [0.15, 0.2) is 17.0 Å². The predicted octanol–water partition coefficient (Wildman–Crippen LogP) is 1.86. The van der Waals surface area contributed by atoms with Crippen LogP contribution in [0, 0.1) is 5.82 Å². The van der Waals surface area contributed by atoms with E-state index in [2.05, 4.69) is 20.3 Å². The van der Waals surface area contributed by atoms with Crippen LogP contribution in [-0.2, 0) is 10.0 Å². The van der Waals surface area contributed by atoms with Gasteiger partial charge in [0.2, 0.25) is 10.0 Å². The molecule has 0 N–H and O–H groups in total. The zero-order valence-electron chi connectivity index (χ0n) is 16.3. The van der Waals surface area contributed by atoms with E-state index in [1.165, 1.54) is 27.4 Å². The minimum atomic E-state index is -3.53. The van der Waals surface area contributed by atoms with Gasteiger partial charge in [-0.3, -0.25) is 0 Å². The van der Waals surface area contributed by atoms with Crippen molar-refractivity contribution in [3.63, 3.8) is 0 Å². The molecule has 2 aromatic heterocycles. The van der Waals surface area contributed by atoms with Crippen molar-refractivity contribution in [3.05, 3.63) is 66.7 Å². The van der Waals surface area contributed by atoms with Crippen LogP contribution in [0.3, 0.4) is 0 Å². The van der Waals surface area contributed by atoms with Gasteiger partial charge in [-0.15, -0.1) is 5.10 Å². The van der Waals surface area contributed by atoms with Gasteiger partial charge in [-0.05, 0) is 36.4 Å². The molecule has 0 spiro atoms. The number of aromatic nitrogens is 5. The maximum absolute atomic E-state index is 13.2. The van der Waals surface area contributed by atoms with Crippen LogP contribution in [0.4, 0.5) is 10.2 Å². The highest BCUT2D eigenvalue weighted by Crippen LogP contribution is 2.25. The highest BCUT2D eigenvalue weighted by Gasteiger charge is 2.30. The number of anilines is 1. The molecule has 9 nitrogen and oxygen atoms in total. The topological polar surface area (TPSA) is 97.1 Å². The van der Waals surface area contributed by atoms with Crippen molar-refractivity contribution in [1.82, 2.24) is 29.3 Å². The number of fused-ring (bicyclic) bond motifs is 1. The first-order valence-corrected chi connectivity index (χ1v) is 11.1. The van der Waals surface area contributed by atoms with E-state index in [-0.39, 0.29) is 10.7 Å². The monoisotopic (exact) mass is 439 g/mol. The van der Waals surface area contributed by atoms with Gasteiger partial charge in [-0.25, -0.2) is 22.8 Å². The van der Waals surface area contributed by atoms with E-state index in [0.29, 0.717) is 48.8 Å². The van der Waals surface area contributed by atoms with Gasteiger partial charge in [-0.2, -0.15) is 8.99 Å². The lowest BCUT2D eigenvalue weighted by atomic mass is 10.3. The molecule has 0 unspecified atom stereocenters. The molecule has 3 heterocycles. The van der Waals surface area contributed by atoms with E-state index in [1.54, 1.807) is 42.5 Å². The van der Waals surface area contributed by atoms with Crippen molar-refractivity contribution < 1.29 is 12.8 Å². The van der Waals surface area contributed by atoms with Crippen LogP contribution in [0.25, 0.3) is 16.9 Å². The third-order valence-corrected chi connectivity index (χ3v) is 7.12. The molecule has 2 aromatic carbocycles. The van der Waals surface area contributed by atoms with Crippen molar-refractivity contribution in [2.75, 3.05) is 31.1 Å². The Morgan fingerprint density at radius 3 is 2.29 bits per heavy atom. The quantitative estimate of drug-likeness (QED) is 0.479. The Morgan fingerprint density at radius 2 is 1.58 bits per heavy atom. The molecule has 1 saturated heterocycles. The van der Waals surface area contributed by atoms with Crippen LogP contribution in [0.5, 0.6) is 0 Å². The van der Waals surface area contributed by atoms with E-state index >= 15 is 0 Å². The third-order valence-electron chi connectivity index (χ3n) is 5.21. The lowest BCUT2D eigenvalue weighted by Crippen LogP contribution is -2.49. The first kappa shape index (κ1) is 19.5. The van der Waals surface area contributed by atoms with Gasteiger partial charge in [0, 0.05) is 26.2 Å². The fourth-order valence-electron chi connectivity index (χ4n) is 3.61. The first-order valence-electron chi connectivity index (χ1n) is 9.66.